The Morgan fingerprint density at radius 2 is 1.72 bits per heavy atom. The lowest BCUT2D eigenvalue weighted by Gasteiger charge is -2.06. The Morgan fingerprint density at radius 1 is 1.03 bits per heavy atom. The van der Waals surface area contributed by atoms with Gasteiger partial charge in [-0.1, -0.05) is 24.3 Å². The fourth-order valence-electron chi connectivity index (χ4n) is 2.50. The SMILES string of the molecule is O=C(COc1ccccc1[N+](=O)[O-])N/N=C/c1ccc(OC(=O)c2ccccc2F)cc1. The van der Waals surface area contributed by atoms with Gasteiger partial charge >= 0.3 is 11.7 Å². The first-order valence-electron chi connectivity index (χ1n) is 9.19. The molecule has 0 radical (unpaired) electrons. The molecule has 0 aliphatic heterocycles. The summed E-state index contributed by atoms with van der Waals surface area (Å²) < 4.78 is 23.9. The molecule has 0 aliphatic rings. The Labute approximate surface area is 181 Å². The highest BCUT2D eigenvalue weighted by Crippen LogP contribution is 2.25. The molecule has 0 bridgehead atoms. The van der Waals surface area contributed by atoms with E-state index in [2.05, 4.69) is 10.5 Å². The number of hydrogen-bond donors (Lipinski definition) is 1. The summed E-state index contributed by atoms with van der Waals surface area (Å²) in [6.45, 7) is -0.465. The monoisotopic (exact) mass is 437 g/mol. The van der Waals surface area contributed by atoms with Crippen molar-refractivity contribution in [3.8, 4) is 11.5 Å². The lowest BCUT2D eigenvalue weighted by Crippen LogP contribution is -2.24. The zero-order valence-corrected chi connectivity index (χ0v) is 16.4. The molecule has 0 saturated carbocycles. The zero-order chi connectivity index (χ0) is 22.9. The molecule has 9 nitrogen and oxygen atoms in total. The highest BCUT2D eigenvalue weighted by Gasteiger charge is 2.15. The van der Waals surface area contributed by atoms with Crippen LogP contribution in [0.15, 0.2) is 77.9 Å². The van der Waals surface area contributed by atoms with Crippen molar-refractivity contribution >= 4 is 23.8 Å². The van der Waals surface area contributed by atoms with E-state index >= 15 is 0 Å². The predicted octanol–water partition coefficient (Wildman–Crippen LogP) is 3.48. The normalized spacial score (nSPS) is 10.5. The third kappa shape index (κ3) is 5.95. The topological polar surface area (TPSA) is 120 Å². The van der Waals surface area contributed by atoms with Crippen molar-refractivity contribution in [3.63, 3.8) is 0 Å². The van der Waals surface area contributed by atoms with E-state index in [1.165, 1.54) is 54.7 Å². The van der Waals surface area contributed by atoms with Gasteiger partial charge in [0.05, 0.1) is 16.7 Å². The average molecular weight is 437 g/mol. The van der Waals surface area contributed by atoms with Gasteiger partial charge in [0.1, 0.15) is 11.6 Å². The summed E-state index contributed by atoms with van der Waals surface area (Å²) in [6, 6.07) is 17.3. The van der Waals surface area contributed by atoms with Crippen LogP contribution in [0.2, 0.25) is 0 Å². The van der Waals surface area contributed by atoms with Crippen molar-refractivity contribution in [2.75, 3.05) is 6.61 Å². The molecule has 10 heteroatoms. The minimum Gasteiger partial charge on any atom is -0.477 e. The summed E-state index contributed by atoms with van der Waals surface area (Å²) in [5.74, 6) is -1.94. The van der Waals surface area contributed by atoms with E-state index in [0.29, 0.717) is 5.56 Å². The Hall–Kier alpha value is -4.60. The van der Waals surface area contributed by atoms with Crippen LogP contribution in [0.1, 0.15) is 15.9 Å². The van der Waals surface area contributed by atoms with Crippen molar-refractivity contribution < 1.29 is 28.4 Å². The number of amides is 1. The number of hydrazone groups is 1. The largest absolute Gasteiger partial charge is 0.477 e. The zero-order valence-electron chi connectivity index (χ0n) is 16.4. The fourth-order valence-corrected chi connectivity index (χ4v) is 2.50. The number of carbonyl (C=O) groups is 2. The number of para-hydroxylation sites is 2. The van der Waals surface area contributed by atoms with Crippen LogP contribution >= 0.6 is 0 Å². The van der Waals surface area contributed by atoms with E-state index in [9.17, 15) is 24.1 Å². The minimum atomic E-state index is -0.824. The van der Waals surface area contributed by atoms with Crippen LogP contribution in [0.3, 0.4) is 0 Å². The second-order valence-corrected chi connectivity index (χ2v) is 6.25. The number of rotatable bonds is 8. The van der Waals surface area contributed by atoms with Gasteiger partial charge in [-0.05, 0) is 48.0 Å². The Balaban J connectivity index is 1.49. The first-order chi connectivity index (χ1) is 15.4. The lowest BCUT2D eigenvalue weighted by molar-refractivity contribution is -0.385. The summed E-state index contributed by atoms with van der Waals surface area (Å²) in [7, 11) is 0. The molecule has 0 saturated heterocycles. The van der Waals surface area contributed by atoms with E-state index in [4.69, 9.17) is 9.47 Å². The molecular formula is C22H16FN3O6. The maximum absolute atomic E-state index is 13.6. The number of carbonyl (C=O) groups excluding carboxylic acids is 2. The van der Waals surface area contributed by atoms with Crippen LogP contribution in [-0.2, 0) is 4.79 Å². The van der Waals surface area contributed by atoms with Gasteiger partial charge in [0.25, 0.3) is 5.91 Å². The number of nitro benzene ring substituents is 1. The third-order valence-corrected chi connectivity index (χ3v) is 4.01. The van der Waals surface area contributed by atoms with Crippen molar-refractivity contribution in [1.29, 1.82) is 0 Å². The molecule has 1 amide bonds. The maximum atomic E-state index is 13.6. The number of hydrogen-bond acceptors (Lipinski definition) is 7. The van der Waals surface area contributed by atoms with E-state index in [1.54, 1.807) is 18.2 Å². The quantitative estimate of drug-likeness (QED) is 0.189. The Bertz CT molecular complexity index is 1160. The predicted molar refractivity (Wildman–Crippen MR) is 112 cm³/mol. The Kier molecular flexibility index (Phi) is 7.20. The molecule has 3 aromatic carbocycles. The van der Waals surface area contributed by atoms with Gasteiger partial charge in [0.15, 0.2) is 12.4 Å². The van der Waals surface area contributed by atoms with Crippen molar-refractivity contribution in [2.24, 2.45) is 5.10 Å². The standard InChI is InChI=1S/C22H16FN3O6/c23-18-6-2-1-5-17(18)22(28)32-16-11-9-15(10-12-16)13-24-25-21(27)14-31-20-8-4-3-7-19(20)26(29)30/h1-13H,14H2,(H,25,27)/b24-13+. The highest BCUT2D eigenvalue weighted by atomic mass is 19.1. The number of halogens is 1. The highest BCUT2D eigenvalue weighted by molar-refractivity contribution is 5.91. The molecule has 162 valence electrons. The fraction of sp³-hybridized carbons (Fsp3) is 0.0455. The van der Waals surface area contributed by atoms with Crippen LogP contribution in [0, 0.1) is 15.9 Å². The van der Waals surface area contributed by atoms with Crippen LogP contribution in [0.25, 0.3) is 0 Å². The number of ether oxygens (including phenoxy) is 2. The molecule has 0 unspecified atom stereocenters. The molecule has 0 fully saturated rings. The second kappa shape index (κ2) is 10.4. The van der Waals surface area contributed by atoms with Gasteiger partial charge in [-0.2, -0.15) is 5.10 Å². The first kappa shape index (κ1) is 22.1. The molecule has 3 aromatic rings. The summed E-state index contributed by atoms with van der Waals surface area (Å²) in [4.78, 5) is 34.1. The molecule has 0 aliphatic carbocycles. The summed E-state index contributed by atoms with van der Waals surface area (Å²) >= 11 is 0. The van der Waals surface area contributed by atoms with Gasteiger partial charge in [0.2, 0.25) is 0 Å². The van der Waals surface area contributed by atoms with Gasteiger partial charge in [-0.3, -0.25) is 14.9 Å². The molecule has 32 heavy (non-hydrogen) atoms. The Morgan fingerprint density at radius 3 is 2.44 bits per heavy atom. The van der Waals surface area contributed by atoms with Crippen molar-refractivity contribution in [2.45, 2.75) is 0 Å². The van der Waals surface area contributed by atoms with E-state index in [-0.39, 0.29) is 22.7 Å². The minimum absolute atomic E-state index is 0.0304. The second-order valence-electron chi connectivity index (χ2n) is 6.25. The summed E-state index contributed by atoms with van der Waals surface area (Å²) in [5.41, 5.74) is 2.39. The third-order valence-electron chi connectivity index (χ3n) is 4.01. The summed E-state index contributed by atoms with van der Waals surface area (Å²) in [6.07, 6.45) is 1.34. The molecule has 0 spiro atoms. The van der Waals surface area contributed by atoms with Crippen LogP contribution in [0.5, 0.6) is 11.5 Å². The van der Waals surface area contributed by atoms with Gasteiger partial charge in [0, 0.05) is 6.07 Å². The molecule has 0 heterocycles. The summed E-state index contributed by atoms with van der Waals surface area (Å²) in [5, 5.41) is 14.7. The number of esters is 1. The maximum Gasteiger partial charge on any atom is 0.346 e. The van der Waals surface area contributed by atoms with Gasteiger partial charge < -0.3 is 9.47 Å². The number of nitrogens with one attached hydrogen (secondary N) is 1. The smallest absolute Gasteiger partial charge is 0.346 e. The molecular weight excluding hydrogens is 421 g/mol. The first-order valence-corrected chi connectivity index (χ1v) is 9.19. The van der Waals surface area contributed by atoms with Gasteiger partial charge in [-0.15, -0.1) is 0 Å². The molecule has 0 aromatic heterocycles. The molecule has 0 atom stereocenters. The van der Waals surface area contributed by atoms with Crippen LogP contribution in [0.4, 0.5) is 10.1 Å². The van der Waals surface area contributed by atoms with Crippen LogP contribution in [-0.4, -0.2) is 29.6 Å². The number of benzene rings is 3. The molecule has 3 rings (SSSR count). The molecule has 1 N–H and O–H groups in total. The van der Waals surface area contributed by atoms with Crippen molar-refractivity contribution in [1.82, 2.24) is 5.43 Å². The van der Waals surface area contributed by atoms with E-state index < -0.39 is 29.2 Å². The van der Waals surface area contributed by atoms with Gasteiger partial charge in [-0.25, -0.2) is 14.6 Å². The van der Waals surface area contributed by atoms with Crippen LogP contribution < -0.4 is 14.9 Å². The number of nitrogens with zero attached hydrogens (tertiary/aromatic N) is 2. The number of nitro groups is 1. The van der Waals surface area contributed by atoms with E-state index in [0.717, 1.165) is 6.07 Å². The van der Waals surface area contributed by atoms with E-state index in [1.807, 2.05) is 0 Å². The average Bonchev–Trinajstić information content (AvgIpc) is 2.79. The van der Waals surface area contributed by atoms with Crippen molar-refractivity contribution in [3.05, 3.63) is 99.9 Å². The lowest BCUT2D eigenvalue weighted by atomic mass is 10.2.